The van der Waals surface area contributed by atoms with Crippen LogP contribution in [0.4, 0.5) is 0 Å². The minimum Gasteiger partial charge on any atom is -0.482 e. The van der Waals surface area contributed by atoms with E-state index in [-0.39, 0.29) is 12.0 Å². The molecule has 0 fully saturated rings. The minimum atomic E-state index is -0.247. The summed E-state index contributed by atoms with van der Waals surface area (Å²) in [6, 6.07) is 16.3. The van der Waals surface area contributed by atoms with Gasteiger partial charge in [-0.05, 0) is 51.3 Å². The number of benzene rings is 2. The van der Waals surface area contributed by atoms with E-state index in [2.05, 4.69) is 40.6 Å². The number of hydrogen-bond acceptors (Lipinski definition) is 5. The largest absolute Gasteiger partial charge is 0.482 e. The van der Waals surface area contributed by atoms with E-state index in [9.17, 15) is 4.79 Å². The van der Waals surface area contributed by atoms with Gasteiger partial charge >= 0.3 is 0 Å². The van der Waals surface area contributed by atoms with Gasteiger partial charge in [0.1, 0.15) is 5.75 Å². The summed E-state index contributed by atoms with van der Waals surface area (Å²) in [6.45, 7) is 9.45. The number of amides is 1. The Morgan fingerprint density at radius 1 is 1.16 bits per heavy atom. The fourth-order valence-corrected chi connectivity index (χ4v) is 4.19. The first-order chi connectivity index (χ1) is 15.0. The van der Waals surface area contributed by atoms with Gasteiger partial charge in [0, 0.05) is 13.1 Å². The molecular formula is C24H30N4O2S. The number of rotatable bonds is 10. The molecule has 1 heterocycles. The second kappa shape index (κ2) is 11.0. The number of thioether (sulfide) groups is 1. The van der Waals surface area contributed by atoms with E-state index in [4.69, 9.17) is 4.74 Å². The Balaban J connectivity index is 1.54. The maximum absolute atomic E-state index is 12.2. The van der Waals surface area contributed by atoms with Crippen molar-refractivity contribution in [2.75, 3.05) is 12.3 Å². The van der Waals surface area contributed by atoms with Crippen LogP contribution in [0.2, 0.25) is 0 Å². The number of nitrogens with one attached hydrogen (secondary N) is 1. The molecule has 0 radical (unpaired) electrons. The highest BCUT2D eigenvalue weighted by atomic mass is 32.2. The Hall–Kier alpha value is -2.80. The fourth-order valence-electron chi connectivity index (χ4n) is 3.35. The van der Waals surface area contributed by atoms with E-state index < -0.39 is 0 Å². The van der Waals surface area contributed by atoms with E-state index in [1.54, 1.807) is 0 Å². The maximum Gasteiger partial charge on any atom is 0.230 e. The van der Waals surface area contributed by atoms with Crippen molar-refractivity contribution in [2.45, 2.75) is 51.9 Å². The molecule has 0 saturated carbocycles. The van der Waals surface area contributed by atoms with Gasteiger partial charge in [-0.15, -0.1) is 10.2 Å². The van der Waals surface area contributed by atoms with Crippen LogP contribution in [0.5, 0.6) is 5.75 Å². The highest BCUT2D eigenvalue weighted by molar-refractivity contribution is 7.99. The van der Waals surface area contributed by atoms with Crippen LogP contribution in [0.15, 0.2) is 53.7 Å². The molecule has 1 N–H and O–H groups in total. The van der Waals surface area contributed by atoms with Gasteiger partial charge in [0.2, 0.25) is 5.91 Å². The standard InChI is InChI=1S/C24H30N4O2S/c1-5-28-23(19(4)30-21-12-11-17(2)15-18(21)3)26-27-24(28)31-16-22(29)25-14-13-20-9-7-6-8-10-20/h6-12,15,19H,5,13-14,16H2,1-4H3,(H,25,29). The summed E-state index contributed by atoms with van der Waals surface area (Å²) in [7, 11) is 0. The molecule has 1 atom stereocenters. The Bertz CT molecular complexity index is 1000. The molecule has 164 valence electrons. The summed E-state index contributed by atoms with van der Waals surface area (Å²) in [6.07, 6.45) is 0.572. The molecule has 3 aromatic rings. The molecule has 0 aliphatic carbocycles. The Labute approximate surface area is 188 Å². The van der Waals surface area contributed by atoms with E-state index >= 15 is 0 Å². The molecule has 0 bridgehead atoms. The lowest BCUT2D eigenvalue weighted by Gasteiger charge is -2.17. The predicted molar refractivity (Wildman–Crippen MR) is 125 cm³/mol. The summed E-state index contributed by atoms with van der Waals surface area (Å²) < 4.78 is 8.16. The van der Waals surface area contributed by atoms with Gasteiger partial charge in [-0.25, -0.2) is 0 Å². The molecule has 0 aliphatic heterocycles. The lowest BCUT2D eigenvalue weighted by Crippen LogP contribution is -2.27. The molecule has 31 heavy (non-hydrogen) atoms. The first-order valence-corrected chi connectivity index (χ1v) is 11.6. The maximum atomic E-state index is 12.2. The van der Waals surface area contributed by atoms with Crippen LogP contribution in [0.25, 0.3) is 0 Å². The Kier molecular flexibility index (Phi) is 8.12. The second-order valence-electron chi connectivity index (χ2n) is 7.49. The average Bonchev–Trinajstić information content (AvgIpc) is 3.18. The van der Waals surface area contributed by atoms with Crippen LogP contribution in [0, 0.1) is 13.8 Å². The third kappa shape index (κ3) is 6.34. The van der Waals surface area contributed by atoms with Crippen molar-refractivity contribution in [3.8, 4) is 5.75 Å². The van der Waals surface area contributed by atoms with Crippen molar-refractivity contribution >= 4 is 17.7 Å². The number of hydrogen-bond donors (Lipinski definition) is 1. The Morgan fingerprint density at radius 3 is 2.65 bits per heavy atom. The molecule has 0 spiro atoms. The topological polar surface area (TPSA) is 69.0 Å². The fraction of sp³-hybridized carbons (Fsp3) is 0.375. The third-order valence-electron chi connectivity index (χ3n) is 4.97. The Morgan fingerprint density at radius 2 is 1.94 bits per heavy atom. The molecule has 1 unspecified atom stereocenters. The molecule has 0 aliphatic rings. The van der Waals surface area contributed by atoms with Crippen molar-refractivity contribution < 1.29 is 9.53 Å². The normalized spacial score (nSPS) is 11.9. The zero-order chi connectivity index (χ0) is 22.2. The average molecular weight is 439 g/mol. The van der Waals surface area contributed by atoms with Gasteiger partial charge in [-0.1, -0.05) is 59.8 Å². The van der Waals surface area contributed by atoms with Crippen molar-refractivity contribution in [1.82, 2.24) is 20.1 Å². The molecular weight excluding hydrogens is 408 g/mol. The monoisotopic (exact) mass is 438 g/mol. The van der Waals surface area contributed by atoms with Gasteiger partial charge < -0.3 is 14.6 Å². The zero-order valence-electron chi connectivity index (χ0n) is 18.6. The number of ether oxygens (including phenoxy) is 1. The summed E-state index contributed by atoms with van der Waals surface area (Å²) >= 11 is 1.40. The van der Waals surface area contributed by atoms with Gasteiger partial charge in [0.05, 0.1) is 5.75 Å². The summed E-state index contributed by atoms with van der Waals surface area (Å²) in [5.41, 5.74) is 3.51. The lowest BCUT2D eigenvalue weighted by atomic mass is 10.1. The zero-order valence-corrected chi connectivity index (χ0v) is 19.4. The SMILES string of the molecule is CCn1c(SCC(=O)NCCc2ccccc2)nnc1C(C)Oc1ccc(C)cc1C. The van der Waals surface area contributed by atoms with Crippen LogP contribution in [-0.4, -0.2) is 33.0 Å². The van der Waals surface area contributed by atoms with Crippen LogP contribution in [-0.2, 0) is 17.8 Å². The molecule has 7 heteroatoms. The van der Waals surface area contributed by atoms with E-state index in [1.165, 1.54) is 22.9 Å². The van der Waals surface area contributed by atoms with Crippen LogP contribution < -0.4 is 10.1 Å². The highest BCUT2D eigenvalue weighted by Crippen LogP contribution is 2.27. The molecule has 0 saturated heterocycles. The highest BCUT2D eigenvalue weighted by Gasteiger charge is 2.20. The first-order valence-electron chi connectivity index (χ1n) is 10.6. The van der Waals surface area contributed by atoms with Gasteiger partial charge in [-0.3, -0.25) is 4.79 Å². The first kappa shape index (κ1) is 22.9. The smallest absolute Gasteiger partial charge is 0.230 e. The molecule has 1 amide bonds. The molecule has 2 aromatic carbocycles. The number of carbonyl (C=O) groups is 1. The summed E-state index contributed by atoms with van der Waals surface area (Å²) in [5, 5.41) is 12.3. The number of carbonyl (C=O) groups excluding carboxylic acids is 1. The van der Waals surface area contributed by atoms with Crippen LogP contribution >= 0.6 is 11.8 Å². The number of aromatic nitrogens is 3. The van der Waals surface area contributed by atoms with Crippen molar-refractivity contribution in [1.29, 1.82) is 0 Å². The van der Waals surface area contributed by atoms with E-state index in [1.807, 2.05) is 55.7 Å². The summed E-state index contributed by atoms with van der Waals surface area (Å²) in [5.74, 6) is 1.90. The van der Waals surface area contributed by atoms with Crippen LogP contribution in [0.1, 0.15) is 42.5 Å². The van der Waals surface area contributed by atoms with Crippen LogP contribution in [0.3, 0.4) is 0 Å². The second-order valence-corrected chi connectivity index (χ2v) is 8.43. The van der Waals surface area contributed by atoms with Crippen molar-refractivity contribution in [3.63, 3.8) is 0 Å². The molecule has 3 rings (SSSR count). The van der Waals surface area contributed by atoms with E-state index in [0.717, 1.165) is 28.7 Å². The molecule has 6 nitrogen and oxygen atoms in total. The van der Waals surface area contributed by atoms with Gasteiger partial charge in [0.25, 0.3) is 0 Å². The van der Waals surface area contributed by atoms with Crippen molar-refractivity contribution in [2.24, 2.45) is 0 Å². The lowest BCUT2D eigenvalue weighted by molar-refractivity contribution is -0.118. The van der Waals surface area contributed by atoms with Crippen molar-refractivity contribution in [3.05, 3.63) is 71.0 Å². The summed E-state index contributed by atoms with van der Waals surface area (Å²) in [4.78, 5) is 12.2. The molecule has 1 aromatic heterocycles. The number of nitrogens with zero attached hydrogens (tertiary/aromatic N) is 3. The minimum absolute atomic E-state index is 0.00675. The van der Waals surface area contributed by atoms with E-state index in [0.29, 0.717) is 18.8 Å². The third-order valence-corrected chi connectivity index (χ3v) is 5.94. The van der Waals surface area contributed by atoms with Gasteiger partial charge in [0.15, 0.2) is 17.1 Å². The predicted octanol–water partition coefficient (Wildman–Crippen LogP) is 4.51. The van der Waals surface area contributed by atoms with Gasteiger partial charge in [-0.2, -0.15) is 0 Å². The quantitative estimate of drug-likeness (QED) is 0.472. The number of aryl methyl sites for hydroxylation is 2.